The number of benzene rings is 2. The van der Waals surface area contributed by atoms with Crippen LogP contribution in [0.25, 0.3) is 5.57 Å². The Morgan fingerprint density at radius 1 is 0.897 bits per heavy atom. The van der Waals surface area contributed by atoms with Gasteiger partial charge in [-0.15, -0.1) is 0 Å². The van der Waals surface area contributed by atoms with Crippen LogP contribution in [0.5, 0.6) is 0 Å². The Morgan fingerprint density at radius 2 is 1.66 bits per heavy atom. The van der Waals surface area contributed by atoms with E-state index in [4.69, 9.17) is 0 Å². The molecule has 29 heavy (non-hydrogen) atoms. The third-order valence-electron chi connectivity index (χ3n) is 7.09. The van der Waals surface area contributed by atoms with Gasteiger partial charge in [-0.3, -0.25) is 0 Å². The van der Waals surface area contributed by atoms with Gasteiger partial charge in [0, 0.05) is 0 Å². The van der Waals surface area contributed by atoms with Crippen molar-refractivity contribution in [2.75, 3.05) is 0 Å². The Kier molecular flexibility index (Phi) is 6.19. The lowest BCUT2D eigenvalue weighted by atomic mass is 9.75. The predicted molar refractivity (Wildman–Crippen MR) is 126 cm³/mol. The fourth-order valence-corrected chi connectivity index (χ4v) is 5.36. The summed E-state index contributed by atoms with van der Waals surface area (Å²) in [4.78, 5) is 0. The van der Waals surface area contributed by atoms with E-state index >= 15 is 0 Å². The molecule has 1 fully saturated rings. The average Bonchev–Trinajstić information content (AvgIpc) is 3.28. The van der Waals surface area contributed by atoms with Gasteiger partial charge in [0.1, 0.15) is 0 Å². The molecule has 0 radical (unpaired) electrons. The molecular formula is C29H34. The van der Waals surface area contributed by atoms with Crippen LogP contribution in [0.15, 0.2) is 78.4 Å². The first-order valence-electron chi connectivity index (χ1n) is 11.5. The molecule has 0 saturated heterocycles. The van der Waals surface area contributed by atoms with Gasteiger partial charge in [0.25, 0.3) is 0 Å². The molecule has 0 heteroatoms. The van der Waals surface area contributed by atoms with E-state index in [1.807, 2.05) is 0 Å². The van der Waals surface area contributed by atoms with Crippen molar-refractivity contribution in [3.05, 3.63) is 101 Å². The van der Waals surface area contributed by atoms with Gasteiger partial charge in [0.2, 0.25) is 0 Å². The van der Waals surface area contributed by atoms with Gasteiger partial charge >= 0.3 is 0 Å². The number of hydrogen-bond donors (Lipinski definition) is 0. The molecule has 4 rings (SSSR count). The van der Waals surface area contributed by atoms with Crippen molar-refractivity contribution >= 4 is 5.57 Å². The summed E-state index contributed by atoms with van der Waals surface area (Å²) in [6.07, 6.45) is 13.2. The van der Waals surface area contributed by atoms with Gasteiger partial charge in [-0.1, -0.05) is 81.1 Å². The summed E-state index contributed by atoms with van der Waals surface area (Å²) < 4.78 is 0. The van der Waals surface area contributed by atoms with Crippen LogP contribution in [0.2, 0.25) is 0 Å². The Balaban J connectivity index is 1.44. The predicted octanol–water partition coefficient (Wildman–Crippen LogP) is 8.06. The molecule has 2 aromatic carbocycles. The first-order valence-corrected chi connectivity index (χ1v) is 11.5. The monoisotopic (exact) mass is 382 g/mol. The average molecular weight is 383 g/mol. The molecule has 0 aliphatic heterocycles. The van der Waals surface area contributed by atoms with Crippen molar-refractivity contribution in [3.63, 3.8) is 0 Å². The molecule has 1 saturated carbocycles. The van der Waals surface area contributed by atoms with Gasteiger partial charge in [0.05, 0.1) is 0 Å². The highest BCUT2D eigenvalue weighted by Gasteiger charge is 2.26. The number of aryl methyl sites for hydroxylation is 1. The van der Waals surface area contributed by atoms with Crippen LogP contribution >= 0.6 is 0 Å². The summed E-state index contributed by atoms with van der Waals surface area (Å²) in [7, 11) is 0. The van der Waals surface area contributed by atoms with E-state index < -0.39 is 0 Å². The molecule has 2 aromatic rings. The van der Waals surface area contributed by atoms with Crippen molar-refractivity contribution in [2.24, 2.45) is 5.92 Å². The summed E-state index contributed by atoms with van der Waals surface area (Å²) in [5.41, 5.74) is 10.2. The molecule has 2 aliphatic rings. The fraction of sp³-hybridized carbons (Fsp3) is 0.379. The van der Waals surface area contributed by atoms with Crippen LogP contribution in [0, 0.1) is 5.92 Å². The van der Waals surface area contributed by atoms with E-state index in [-0.39, 0.29) is 0 Å². The molecule has 0 amide bonds. The molecule has 0 spiro atoms. The smallest absolute Gasteiger partial charge is 0.00821 e. The molecule has 150 valence electrons. The Hall–Kier alpha value is -2.34. The minimum Gasteiger partial charge on any atom is -0.0950 e. The van der Waals surface area contributed by atoms with Crippen LogP contribution in [0.3, 0.4) is 0 Å². The van der Waals surface area contributed by atoms with Gasteiger partial charge in [-0.05, 0) is 95.8 Å². The van der Waals surface area contributed by atoms with Crippen molar-refractivity contribution in [3.8, 4) is 0 Å². The van der Waals surface area contributed by atoms with Crippen LogP contribution < -0.4 is 0 Å². The summed E-state index contributed by atoms with van der Waals surface area (Å²) in [6.45, 7) is 9.10. The van der Waals surface area contributed by atoms with Crippen LogP contribution in [0.1, 0.15) is 74.1 Å². The van der Waals surface area contributed by atoms with Crippen molar-refractivity contribution in [1.82, 2.24) is 0 Å². The number of allylic oxidation sites excluding steroid dienone is 5. The summed E-state index contributed by atoms with van der Waals surface area (Å²) >= 11 is 0. The third kappa shape index (κ3) is 4.17. The SMILES string of the molecule is C=C(C1=CCC(c2cccc(CC)c2CC)=C1)C1CCC(c2ccccc2)CC1. The topological polar surface area (TPSA) is 0 Å². The highest BCUT2D eigenvalue weighted by molar-refractivity contribution is 5.77. The first-order chi connectivity index (χ1) is 14.2. The maximum absolute atomic E-state index is 4.55. The second kappa shape index (κ2) is 8.99. The molecule has 0 heterocycles. The largest absolute Gasteiger partial charge is 0.0950 e. The minimum absolute atomic E-state index is 0.643. The third-order valence-corrected chi connectivity index (χ3v) is 7.09. The fourth-order valence-electron chi connectivity index (χ4n) is 5.36. The molecule has 0 aromatic heterocycles. The van der Waals surface area contributed by atoms with E-state index in [0.29, 0.717) is 5.92 Å². The van der Waals surface area contributed by atoms with Gasteiger partial charge < -0.3 is 0 Å². The van der Waals surface area contributed by atoms with Crippen molar-refractivity contribution < 1.29 is 0 Å². The zero-order chi connectivity index (χ0) is 20.2. The van der Waals surface area contributed by atoms with E-state index in [1.54, 1.807) is 0 Å². The molecule has 0 bridgehead atoms. The van der Waals surface area contributed by atoms with E-state index in [0.717, 1.165) is 25.2 Å². The first kappa shape index (κ1) is 20.0. The van der Waals surface area contributed by atoms with Crippen molar-refractivity contribution in [1.29, 1.82) is 0 Å². The Bertz CT molecular complexity index is 918. The maximum Gasteiger partial charge on any atom is -0.00821 e. The lowest BCUT2D eigenvalue weighted by Crippen LogP contribution is -2.15. The van der Waals surface area contributed by atoms with Crippen molar-refractivity contribution in [2.45, 2.75) is 64.7 Å². The van der Waals surface area contributed by atoms with Crippen LogP contribution in [-0.2, 0) is 12.8 Å². The minimum atomic E-state index is 0.643. The molecule has 0 unspecified atom stereocenters. The molecule has 0 atom stereocenters. The standard InChI is InChI=1S/C29H34/c1-4-22-12-9-13-29(28(22)5-2)27-19-18-26(20-27)21(3)23-14-16-25(17-15-23)24-10-7-6-8-11-24/h6-13,18,20,23,25H,3-5,14-17,19H2,1-2H3. The molecule has 2 aliphatic carbocycles. The van der Waals surface area contributed by atoms with Gasteiger partial charge in [0.15, 0.2) is 0 Å². The highest BCUT2D eigenvalue weighted by Crippen LogP contribution is 2.42. The van der Waals surface area contributed by atoms with Crippen LogP contribution in [-0.4, -0.2) is 0 Å². The second-order valence-electron chi connectivity index (χ2n) is 8.67. The normalized spacial score (nSPS) is 21.6. The van der Waals surface area contributed by atoms with Gasteiger partial charge in [-0.25, -0.2) is 0 Å². The summed E-state index contributed by atoms with van der Waals surface area (Å²) in [5.74, 6) is 1.37. The number of rotatable bonds is 6. The van der Waals surface area contributed by atoms with E-state index in [9.17, 15) is 0 Å². The molecular weight excluding hydrogens is 348 g/mol. The zero-order valence-corrected chi connectivity index (χ0v) is 18.1. The number of hydrogen-bond acceptors (Lipinski definition) is 0. The van der Waals surface area contributed by atoms with Gasteiger partial charge in [-0.2, -0.15) is 0 Å². The Morgan fingerprint density at radius 3 is 2.34 bits per heavy atom. The zero-order valence-electron chi connectivity index (χ0n) is 18.1. The van der Waals surface area contributed by atoms with E-state index in [2.05, 4.69) is 81.1 Å². The molecule has 0 nitrogen and oxygen atoms in total. The lowest BCUT2D eigenvalue weighted by molar-refractivity contribution is 0.366. The van der Waals surface area contributed by atoms with E-state index in [1.165, 1.54) is 64.7 Å². The maximum atomic E-state index is 4.55. The van der Waals surface area contributed by atoms with Crippen LogP contribution in [0.4, 0.5) is 0 Å². The summed E-state index contributed by atoms with van der Waals surface area (Å²) in [6, 6.07) is 17.9. The highest BCUT2D eigenvalue weighted by atomic mass is 14.3. The Labute approximate surface area is 177 Å². The molecule has 0 N–H and O–H groups in total. The lowest BCUT2D eigenvalue weighted by Gasteiger charge is -2.30. The quantitative estimate of drug-likeness (QED) is 0.474. The second-order valence-corrected chi connectivity index (χ2v) is 8.67. The summed E-state index contributed by atoms with van der Waals surface area (Å²) in [5, 5.41) is 0.